The molecule has 0 fully saturated rings. The molecule has 3 N–H and O–H groups in total. The molecule has 0 bridgehead atoms. The zero-order valence-electron chi connectivity index (χ0n) is 7.63. The van der Waals surface area contributed by atoms with E-state index in [1.807, 2.05) is 25.1 Å². The molecule has 0 radical (unpaired) electrons. The van der Waals surface area contributed by atoms with Crippen molar-refractivity contribution < 1.29 is 5.11 Å². The van der Waals surface area contributed by atoms with Crippen LogP contribution in [0.4, 0.5) is 0 Å². The van der Waals surface area contributed by atoms with Gasteiger partial charge >= 0.3 is 0 Å². The summed E-state index contributed by atoms with van der Waals surface area (Å²) in [7, 11) is 0. The van der Waals surface area contributed by atoms with Gasteiger partial charge in [-0.05, 0) is 36.6 Å². The van der Waals surface area contributed by atoms with Gasteiger partial charge in [0.15, 0.2) is 0 Å². The molecule has 0 saturated heterocycles. The summed E-state index contributed by atoms with van der Waals surface area (Å²) in [4.78, 5) is 0. The van der Waals surface area contributed by atoms with Crippen molar-refractivity contribution in [3.8, 4) is 0 Å². The van der Waals surface area contributed by atoms with Crippen LogP contribution in [0, 0.1) is 6.92 Å². The van der Waals surface area contributed by atoms with Crippen LogP contribution in [0.5, 0.6) is 0 Å². The predicted molar refractivity (Wildman–Crippen MR) is 55.0 cm³/mol. The lowest BCUT2D eigenvalue weighted by Crippen LogP contribution is -2.27. The van der Waals surface area contributed by atoms with Crippen molar-refractivity contribution in [3.05, 3.63) is 34.3 Å². The molecule has 0 heterocycles. The molecule has 1 atom stereocenters. The van der Waals surface area contributed by atoms with Gasteiger partial charge in [-0.2, -0.15) is 0 Å². The van der Waals surface area contributed by atoms with E-state index in [4.69, 9.17) is 22.4 Å². The Hall–Kier alpha value is -0.570. The number of benzene rings is 1. The number of rotatable bonds is 3. The Balaban J connectivity index is 2.77. The largest absolute Gasteiger partial charge is 0.395 e. The third-order valence-electron chi connectivity index (χ3n) is 2.02. The third kappa shape index (κ3) is 2.99. The minimum absolute atomic E-state index is 0.0159. The maximum Gasteiger partial charge on any atom is 0.0585 e. The van der Waals surface area contributed by atoms with E-state index in [1.54, 1.807) is 0 Å². The fourth-order valence-corrected chi connectivity index (χ4v) is 1.46. The lowest BCUT2D eigenvalue weighted by Gasteiger charge is -2.10. The van der Waals surface area contributed by atoms with E-state index in [1.165, 1.54) is 0 Å². The molecule has 0 aliphatic rings. The Kier molecular flexibility index (Phi) is 3.72. The number of nitrogens with two attached hydrogens (primary N) is 1. The number of aryl methyl sites for hydroxylation is 1. The summed E-state index contributed by atoms with van der Waals surface area (Å²) in [6.45, 7) is 2.01. The summed E-state index contributed by atoms with van der Waals surface area (Å²) in [5.74, 6) is 0. The molecule has 0 aromatic heterocycles. The lowest BCUT2D eigenvalue weighted by molar-refractivity contribution is 0.265. The topological polar surface area (TPSA) is 46.2 Å². The molecular formula is C10H14ClNO. The van der Waals surface area contributed by atoms with E-state index in [0.29, 0.717) is 6.42 Å². The molecule has 0 aliphatic heterocycles. The van der Waals surface area contributed by atoms with E-state index in [2.05, 4.69) is 0 Å². The first-order valence-corrected chi connectivity index (χ1v) is 4.62. The van der Waals surface area contributed by atoms with Crippen LogP contribution in [-0.2, 0) is 6.42 Å². The summed E-state index contributed by atoms with van der Waals surface area (Å²) in [6.07, 6.45) is 0.694. The summed E-state index contributed by atoms with van der Waals surface area (Å²) in [5, 5.41) is 9.53. The average Bonchev–Trinajstić information content (AvgIpc) is 2.09. The first-order chi connectivity index (χ1) is 6.13. The van der Waals surface area contributed by atoms with Crippen LogP contribution < -0.4 is 5.73 Å². The van der Waals surface area contributed by atoms with E-state index in [9.17, 15) is 0 Å². The Morgan fingerprint density at radius 1 is 1.54 bits per heavy atom. The molecule has 1 rings (SSSR count). The molecule has 13 heavy (non-hydrogen) atoms. The van der Waals surface area contributed by atoms with Crippen molar-refractivity contribution in [2.75, 3.05) is 6.61 Å². The fourth-order valence-electron chi connectivity index (χ4n) is 1.24. The van der Waals surface area contributed by atoms with Gasteiger partial charge in [-0.3, -0.25) is 0 Å². The molecule has 0 aliphatic carbocycles. The molecule has 1 unspecified atom stereocenters. The highest BCUT2D eigenvalue weighted by Crippen LogP contribution is 2.16. The third-order valence-corrected chi connectivity index (χ3v) is 2.26. The smallest absolute Gasteiger partial charge is 0.0585 e. The van der Waals surface area contributed by atoms with Gasteiger partial charge < -0.3 is 10.8 Å². The van der Waals surface area contributed by atoms with Gasteiger partial charge in [0.05, 0.1) is 6.61 Å². The Labute approximate surface area is 83.3 Å². The number of halogens is 1. The van der Waals surface area contributed by atoms with E-state index in [0.717, 1.165) is 16.1 Å². The highest BCUT2D eigenvalue weighted by molar-refractivity contribution is 6.30. The van der Waals surface area contributed by atoms with Gasteiger partial charge in [0.1, 0.15) is 0 Å². The van der Waals surface area contributed by atoms with Gasteiger partial charge in [-0.15, -0.1) is 0 Å². The molecule has 1 aromatic rings. The maximum absolute atomic E-state index is 8.79. The molecule has 0 saturated carbocycles. The second-order valence-corrected chi connectivity index (χ2v) is 3.65. The zero-order chi connectivity index (χ0) is 9.84. The molecule has 3 heteroatoms. The summed E-state index contributed by atoms with van der Waals surface area (Å²) in [5.41, 5.74) is 7.90. The van der Waals surface area contributed by atoms with Crippen molar-refractivity contribution in [2.45, 2.75) is 19.4 Å². The first kappa shape index (κ1) is 10.5. The van der Waals surface area contributed by atoms with E-state index < -0.39 is 0 Å². The summed E-state index contributed by atoms with van der Waals surface area (Å²) >= 11 is 5.81. The van der Waals surface area contributed by atoms with Crippen molar-refractivity contribution >= 4 is 11.6 Å². The number of hydrogen-bond acceptors (Lipinski definition) is 2. The second kappa shape index (κ2) is 4.61. The van der Waals surface area contributed by atoms with E-state index >= 15 is 0 Å². The highest BCUT2D eigenvalue weighted by atomic mass is 35.5. The maximum atomic E-state index is 8.79. The normalized spacial score (nSPS) is 12.9. The summed E-state index contributed by atoms with van der Waals surface area (Å²) in [6, 6.07) is 5.52. The van der Waals surface area contributed by atoms with Gasteiger partial charge in [0, 0.05) is 11.1 Å². The number of hydrogen-bond donors (Lipinski definition) is 2. The van der Waals surface area contributed by atoms with Crippen molar-refractivity contribution in [2.24, 2.45) is 5.73 Å². The quantitative estimate of drug-likeness (QED) is 0.776. The Morgan fingerprint density at radius 2 is 2.23 bits per heavy atom. The Bertz CT molecular complexity index is 288. The fraction of sp³-hybridized carbons (Fsp3) is 0.400. The van der Waals surface area contributed by atoms with Gasteiger partial charge in [0.25, 0.3) is 0 Å². The van der Waals surface area contributed by atoms with Crippen LogP contribution in [0.1, 0.15) is 11.1 Å². The van der Waals surface area contributed by atoms with Gasteiger partial charge in [-0.25, -0.2) is 0 Å². The predicted octanol–water partition coefficient (Wildman–Crippen LogP) is 1.51. The van der Waals surface area contributed by atoms with E-state index in [-0.39, 0.29) is 12.6 Å². The van der Waals surface area contributed by atoms with Crippen LogP contribution in [0.15, 0.2) is 18.2 Å². The van der Waals surface area contributed by atoms with Crippen LogP contribution in [0.3, 0.4) is 0 Å². The first-order valence-electron chi connectivity index (χ1n) is 4.25. The summed E-state index contributed by atoms with van der Waals surface area (Å²) < 4.78 is 0. The minimum Gasteiger partial charge on any atom is -0.395 e. The monoisotopic (exact) mass is 199 g/mol. The number of aliphatic hydroxyl groups is 1. The standard InChI is InChI=1S/C10H14ClNO/c1-7-4-9(11)3-2-8(7)5-10(12)6-13/h2-4,10,13H,5-6,12H2,1H3. The van der Waals surface area contributed by atoms with Crippen LogP contribution in [-0.4, -0.2) is 17.8 Å². The molecule has 0 spiro atoms. The average molecular weight is 200 g/mol. The Morgan fingerprint density at radius 3 is 2.77 bits per heavy atom. The number of aliphatic hydroxyl groups excluding tert-OH is 1. The van der Waals surface area contributed by atoms with Gasteiger partial charge in [-0.1, -0.05) is 17.7 Å². The SMILES string of the molecule is Cc1cc(Cl)ccc1CC(N)CO. The molecule has 2 nitrogen and oxygen atoms in total. The van der Waals surface area contributed by atoms with Crippen molar-refractivity contribution in [1.29, 1.82) is 0 Å². The highest BCUT2D eigenvalue weighted by Gasteiger charge is 2.04. The lowest BCUT2D eigenvalue weighted by atomic mass is 10.0. The van der Waals surface area contributed by atoms with Crippen LogP contribution in [0.25, 0.3) is 0 Å². The minimum atomic E-state index is -0.181. The molecule has 0 amide bonds. The molecule has 72 valence electrons. The molecule has 1 aromatic carbocycles. The second-order valence-electron chi connectivity index (χ2n) is 3.22. The van der Waals surface area contributed by atoms with Crippen molar-refractivity contribution in [1.82, 2.24) is 0 Å². The van der Waals surface area contributed by atoms with Crippen LogP contribution >= 0.6 is 11.6 Å². The van der Waals surface area contributed by atoms with Gasteiger partial charge in [0.2, 0.25) is 0 Å². The molecular weight excluding hydrogens is 186 g/mol. The van der Waals surface area contributed by atoms with Crippen molar-refractivity contribution in [3.63, 3.8) is 0 Å². The van der Waals surface area contributed by atoms with Crippen LogP contribution in [0.2, 0.25) is 5.02 Å². The zero-order valence-corrected chi connectivity index (χ0v) is 8.38.